The van der Waals surface area contributed by atoms with Crippen molar-refractivity contribution in [3.63, 3.8) is 0 Å². The second-order valence-corrected chi connectivity index (χ2v) is 6.90. The van der Waals surface area contributed by atoms with Crippen molar-refractivity contribution in [1.82, 2.24) is 9.13 Å². The molecule has 6 heteroatoms. The molecule has 0 aliphatic carbocycles. The molecule has 0 unspecified atom stereocenters. The molecule has 154 valence electrons. The van der Waals surface area contributed by atoms with E-state index in [2.05, 4.69) is 0 Å². The predicted molar refractivity (Wildman–Crippen MR) is 117 cm³/mol. The van der Waals surface area contributed by atoms with Crippen molar-refractivity contribution in [2.45, 2.75) is 33.2 Å². The minimum Gasteiger partial charge on any atom is -0.478 e. The van der Waals surface area contributed by atoms with Gasteiger partial charge in [0.05, 0.1) is 17.8 Å². The average Bonchev–Trinajstić information content (AvgIpc) is 3.07. The zero-order chi connectivity index (χ0) is 21.7. The zero-order valence-electron chi connectivity index (χ0n) is 17.0. The molecule has 0 amide bonds. The lowest BCUT2D eigenvalue weighted by molar-refractivity contribution is 0.0697. The fourth-order valence-electron chi connectivity index (χ4n) is 3.27. The Labute approximate surface area is 174 Å². The van der Waals surface area contributed by atoms with Gasteiger partial charge in [-0.15, -0.1) is 0 Å². The fourth-order valence-corrected chi connectivity index (χ4v) is 3.27. The number of carbonyl (C=O) groups is 2. The van der Waals surface area contributed by atoms with Gasteiger partial charge in [0, 0.05) is 12.6 Å². The van der Waals surface area contributed by atoms with E-state index in [9.17, 15) is 19.5 Å². The SMILES string of the molecule is CC/C=C/c1cn(C(=O)CC)c(=O)n1Cc1ccc(-c2ccccc2C(=O)O)cc1. The van der Waals surface area contributed by atoms with E-state index in [4.69, 9.17) is 0 Å². The number of hydrogen-bond donors (Lipinski definition) is 1. The van der Waals surface area contributed by atoms with Gasteiger partial charge in [-0.2, -0.15) is 0 Å². The van der Waals surface area contributed by atoms with Gasteiger partial charge in [-0.3, -0.25) is 9.36 Å². The molecule has 0 radical (unpaired) electrons. The highest BCUT2D eigenvalue weighted by Gasteiger charge is 2.15. The molecule has 3 rings (SSSR count). The second kappa shape index (κ2) is 9.22. The molecule has 0 saturated carbocycles. The van der Waals surface area contributed by atoms with E-state index >= 15 is 0 Å². The summed E-state index contributed by atoms with van der Waals surface area (Å²) in [5.41, 5.74) is 2.85. The number of aromatic carboxylic acids is 1. The van der Waals surface area contributed by atoms with E-state index < -0.39 is 5.97 Å². The van der Waals surface area contributed by atoms with Crippen molar-refractivity contribution in [1.29, 1.82) is 0 Å². The summed E-state index contributed by atoms with van der Waals surface area (Å²) in [5.74, 6) is -1.22. The Morgan fingerprint density at radius 2 is 1.73 bits per heavy atom. The van der Waals surface area contributed by atoms with Crippen molar-refractivity contribution in [2.75, 3.05) is 0 Å². The molecule has 6 nitrogen and oxygen atoms in total. The molecular formula is C24H24N2O4. The third-order valence-corrected chi connectivity index (χ3v) is 4.87. The molecule has 1 aromatic heterocycles. The van der Waals surface area contributed by atoms with Gasteiger partial charge in [-0.05, 0) is 35.3 Å². The van der Waals surface area contributed by atoms with Crippen LogP contribution in [0.4, 0.5) is 0 Å². The van der Waals surface area contributed by atoms with Gasteiger partial charge in [0.15, 0.2) is 0 Å². The van der Waals surface area contributed by atoms with Crippen molar-refractivity contribution in [2.24, 2.45) is 0 Å². The third-order valence-electron chi connectivity index (χ3n) is 4.87. The molecule has 2 aromatic carbocycles. The molecule has 0 aliphatic heterocycles. The van der Waals surface area contributed by atoms with Crippen LogP contribution in [-0.2, 0) is 6.54 Å². The lowest BCUT2D eigenvalue weighted by Crippen LogP contribution is -2.28. The average molecular weight is 404 g/mol. The Morgan fingerprint density at radius 1 is 1.03 bits per heavy atom. The lowest BCUT2D eigenvalue weighted by atomic mass is 9.99. The van der Waals surface area contributed by atoms with E-state index in [1.165, 1.54) is 0 Å². The van der Waals surface area contributed by atoms with Crippen LogP contribution in [0.3, 0.4) is 0 Å². The van der Waals surface area contributed by atoms with E-state index in [0.29, 0.717) is 17.8 Å². The van der Waals surface area contributed by atoms with Crippen LogP contribution >= 0.6 is 0 Å². The Bertz CT molecular complexity index is 1150. The topological polar surface area (TPSA) is 81.3 Å². The van der Waals surface area contributed by atoms with Crippen molar-refractivity contribution >= 4 is 18.0 Å². The van der Waals surface area contributed by atoms with E-state index in [1.54, 1.807) is 42.0 Å². The molecule has 0 aliphatic rings. The van der Waals surface area contributed by atoms with Gasteiger partial charge < -0.3 is 5.11 Å². The first-order valence-electron chi connectivity index (χ1n) is 9.89. The smallest absolute Gasteiger partial charge is 0.336 e. The summed E-state index contributed by atoms with van der Waals surface area (Å²) in [6, 6.07) is 14.3. The molecule has 30 heavy (non-hydrogen) atoms. The van der Waals surface area contributed by atoms with Gasteiger partial charge in [0.25, 0.3) is 0 Å². The van der Waals surface area contributed by atoms with Gasteiger partial charge in [-0.25, -0.2) is 14.2 Å². The number of allylic oxidation sites excluding steroid dienone is 1. The predicted octanol–water partition coefficient (Wildman–Crippen LogP) is 4.54. The van der Waals surface area contributed by atoms with Crippen LogP contribution in [0.5, 0.6) is 0 Å². The maximum absolute atomic E-state index is 12.8. The summed E-state index contributed by atoms with van der Waals surface area (Å²) in [5, 5.41) is 9.40. The van der Waals surface area contributed by atoms with Crippen LogP contribution in [0.1, 0.15) is 53.1 Å². The molecular weight excluding hydrogens is 380 g/mol. The first kappa shape index (κ1) is 21.0. The van der Waals surface area contributed by atoms with Crippen LogP contribution in [-0.4, -0.2) is 26.1 Å². The zero-order valence-corrected chi connectivity index (χ0v) is 17.0. The van der Waals surface area contributed by atoms with Crippen LogP contribution in [0.15, 0.2) is 65.6 Å². The third kappa shape index (κ3) is 4.33. The highest BCUT2D eigenvalue weighted by Crippen LogP contribution is 2.24. The van der Waals surface area contributed by atoms with Gasteiger partial charge in [0.2, 0.25) is 5.91 Å². The molecule has 0 spiro atoms. The first-order valence-corrected chi connectivity index (χ1v) is 9.89. The van der Waals surface area contributed by atoms with Gasteiger partial charge in [-0.1, -0.05) is 62.4 Å². The number of carboxylic acid groups (broad SMARTS) is 1. The molecule has 0 saturated heterocycles. The van der Waals surface area contributed by atoms with Crippen LogP contribution < -0.4 is 5.69 Å². The molecule has 0 fully saturated rings. The number of aromatic nitrogens is 2. The summed E-state index contributed by atoms with van der Waals surface area (Å²) >= 11 is 0. The van der Waals surface area contributed by atoms with E-state index in [0.717, 1.165) is 22.1 Å². The fraction of sp³-hybridized carbons (Fsp3) is 0.208. The number of carboxylic acids is 1. The Hall–Kier alpha value is -3.67. The molecule has 0 atom stereocenters. The molecule has 0 bridgehead atoms. The Morgan fingerprint density at radius 3 is 2.37 bits per heavy atom. The summed E-state index contributed by atoms with van der Waals surface area (Å²) in [6.07, 6.45) is 6.44. The number of rotatable bonds is 7. The van der Waals surface area contributed by atoms with Gasteiger partial charge in [0.1, 0.15) is 0 Å². The van der Waals surface area contributed by atoms with Crippen LogP contribution in [0.25, 0.3) is 17.2 Å². The highest BCUT2D eigenvalue weighted by molar-refractivity contribution is 5.96. The Balaban J connectivity index is 1.95. The van der Waals surface area contributed by atoms with Crippen LogP contribution in [0, 0.1) is 0 Å². The van der Waals surface area contributed by atoms with Crippen molar-refractivity contribution < 1.29 is 14.7 Å². The largest absolute Gasteiger partial charge is 0.478 e. The minimum absolute atomic E-state index is 0.239. The summed E-state index contributed by atoms with van der Waals surface area (Å²) < 4.78 is 2.73. The maximum Gasteiger partial charge on any atom is 0.336 e. The standard InChI is InChI=1S/C24H24N2O4/c1-3-5-8-19-16-26(22(27)4-2)24(30)25(19)15-17-11-13-18(14-12-17)20-9-6-7-10-21(20)23(28)29/h5-14,16H,3-4,15H2,1-2H3,(H,28,29)/b8-5+. The lowest BCUT2D eigenvalue weighted by Gasteiger charge is -2.09. The first-order chi connectivity index (χ1) is 14.5. The summed E-state index contributed by atoms with van der Waals surface area (Å²) in [6.45, 7) is 4.04. The van der Waals surface area contributed by atoms with E-state index in [1.807, 2.05) is 43.3 Å². The Kier molecular flexibility index (Phi) is 6.47. The van der Waals surface area contributed by atoms with E-state index in [-0.39, 0.29) is 23.6 Å². The minimum atomic E-state index is -0.976. The summed E-state index contributed by atoms with van der Waals surface area (Å²) in [4.78, 5) is 36.3. The van der Waals surface area contributed by atoms with Crippen LogP contribution in [0.2, 0.25) is 0 Å². The summed E-state index contributed by atoms with van der Waals surface area (Å²) in [7, 11) is 0. The number of hydrogen-bond acceptors (Lipinski definition) is 3. The molecule has 1 N–H and O–H groups in total. The van der Waals surface area contributed by atoms with Crippen molar-refractivity contribution in [3.05, 3.63) is 88.1 Å². The normalized spacial score (nSPS) is 11.1. The van der Waals surface area contributed by atoms with Crippen molar-refractivity contribution in [3.8, 4) is 11.1 Å². The number of imidazole rings is 1. The molecule has 3 aromatic rings. The number of nitrogens with zero attached hydrogens (tertiary/aromatic N) is 2. The molecule has 1 heterocycles. The monoisotopic (exact) mass is 404 g/mol. The van der Waals surface area contributed by atoms with Gasteiger partial charge >= 0.3 is 11.7 Å². The number of carbonyl (C=O) groups excluding carboxylic acids is 1. The quantitative estimate of drug-likeness (QED) is 0.627. The highest BCUT2D eigenvalue weighted by atomic mass is 16.4. The second-order valence-electron chi connectivity index (χ2n) is 6.90. The number of benzene rings is 2. The maximum atomic E-state index is 12.8.